The number of halogens is 1. The van der Waals surface area contributed by atoms with E-state index >= 15 is 0 Å². The Morgan fingerprint density at radius 3 is 2.33 bits per heavy atom. The molecule has 0 aromatic heterocycles. The van der Waals surface area contributed by atoms with Gasteiger partial charge in [-0.05, 0) is 47.7 Å². The van der Waals surface area contributed by atoms with E-state index in [2.05, 4.69) is 19.2 Å². The third-order valence-electron chi connectivity index (χ3n) is 4.09. The summed E-state index contributed by atoms with van der Waals surface area (Å²) in [5, 5.41) is 2.92. The number of hydrogen-bond acceptors (Lipinski definition) is 4. The Morgan fingerprint density at radius 2 is 1.74 bits per heavy atom. The lowest BCUT2D eigenvalue weighted by atomic mass is 10.1. The van der Waals surface area contributed by atoms with E-state index < -0.39 is 0 Å². The van der Waals surface area contributed by atoms with Crippen LogP contribution in [0.4, 0.5) is 0 Å². The lowest BCUT2D eigenvalue weighted by molar-refractivity contribution is 0.0951. The third kappa shape index (κ3) is 7.12. The summed E-state index contributed by atoms with van der Waals surface area (Å²) in [7, 11) is 1.62. The Kier molecular flexibility index (Phi) is 9.68. The lowest BCUT2D eigenvalue weighted by Crippen LogP contribution is -2.22. The zero-order valence-corrected chi connectivity index (χ0v) is 17.0. The maximum atomic E-state index is 12.2. The Hall–Kier alpha value is -2.24. The first kappa shape index (κ1) is 22.8. The van der Waals surface area contributed by atoms with Gasteiger partial charge in [-0.1, -0.05) is 32.0 Å². The van der Waals surface area contributed by atoms with Crippen molar-refractivity contribution in [3.63, 3.8) is 0 Å². The molecule has 0 aliphatic heterocycles. The number of carbonyl (C=O) groups excluding carboxylic acids is 1. The average Bonchev–Trinajstić information content (AvgIpc) is 2.66. The number of methoxy groups -OCH3 is 1. The minimum atomic E-state index is -0.121. The van der Waals surface area contributed by atoms with E-state index in [0.29, 0.717) is 36.9 Å². The van der Waals surface area contributed by atoms with Crippen LogP contribution in [-0.4, -0.2) is 19.6 Å². The number of rotatable bonds is 9. The first-order valence-electron chi connectivity index (χ1n) is 8.90. The van der Waals surface area contributed by atoms with Crippen LogP contribution in [0.5, 0.6) is 11.5 Å². The summed E-state index contributed by atoms with van der Waals surface area (Å²) in [6, 6.07) is 13.0. The molecule has 0 fully saturated rings. The van der Waals surface area contributed by atoms with Gasteiger partial charge in [0, 0.05) is 18.7 Å². The summed E-state index contributed by atoms with van der Waals surface area (Å²) in [6.07, 6.45) is 0.990. The molecule has 0 aliphatic rings. The molecule has 0 aliphatic carbocycles. The van der Waals surface area contributed by atoms with Crippen LogP contribution >= 0.6 is 12.4 Å². The van der Waals surface area contributed by atoms with Crippen molar-refractivity contribution in [2.75, 3.05) is 13.7 Å². The first-order chi connectivity index (χ1) is 12.5. The van der Waals surface area contributed by atoms with Crippen LogP contribution in [0.3, 0.4) is 0 Å². The fourth-order valence-corrected chi connectivity index (χ4v) is 2.42. The van der Waals surface area contributed by atoms with Gasteiger partial charge < -0.3 is 20.5 Å². The van der Waals surface area contributed by atoms with E-state index in [1.807, 2.05) is 30.3 Å². The zero-order valence-electron chi connectivity index (χ0n) is 16.2. The average molecular weight is 393 g/mol. The zero-order chi connectivity index (χ0) is 18.9. The van der Waals surface area contributed by atoms with E-state index in [9.17, 15) is 4.79 Å². The number of amides is 1. The van der Waals surface area contributed by atoms with Crippen LogP contribution in [0.15, 0.2) is 42.5 Å². The molecule has 1 amide bonds. The maximum absolute atomic E-state index is 12.2. The fraction of sp³-hybridized carbons (Fsp3) is 0.381. The Morgan fingerprint density at radius 1 is 1.07 bits per heavy atom. The Labute approximate surface area is 167 Å². The number of benzene rings is 2. The molecule has 0 saturated carbocycles. The summed E-state index contributed by atoms with van der Waals surface area (Å²) in [4.78, 5) is 12.2. The van der Waals surface area contributed by atoms with Crippen LogP contribution in [-0.2, 0) is 13.1 Å². The molecule has 2 rings (SSSR count). The second kappa shape index (κ2) is 11.5. The van der Waals surface area contributed by atoms with Crippen molar-refractivity contribution in [2.24, 2.45) is 11.7 Å². The van der Waals surface area contributed by atoms with Crippen LogP contribution < -0.4 is 20.5 Å². The summed E-state index contributed by atoms with van der Waals surface area (Å²) >= 11 is 0. The first-order valence-corrected chi connectivity index (χ1v) is 8.90. The summed E-state index contributed by atoms with van der Waals surface area (Å²) in [6.45, 7) is 5.86. The molecule has 148 valence electrons. The Balaban J connectivity index is 0.00000364. The molecule has 0 saturated heterocycles. The highest BCUT2D eigenvalue weighted by Crippen LogP contribution is 2.28. The predicted molar refractivity (Wildman–Crippen MR) is 111 cm³/mol. The number of carbonyl (C=O) groups is 1. The Bertz CT molecular complexity index is 718. The number of ether oxygens (including phenoxy) is 2. The SMILES string of the molecule is COc1cc(CNC(=O)c2ccc(CN)cc2)ccc1OCCC(C)C.Cl. The molecule has 0 spiro atoms. The van der Waals surface area contributed by atoms with Gasteiger partial charge in [0.15, 0.2) is 11.5 Å². The van der Waals surface area contributed by atoms with Gasteiger partial charge in [0.1, 0.15) is 0 Å². The van der Waals surface area contributed by atoms with Crippen molar-refractivity contribution in [1.82, 2.24) is 5.32 Å². The van der Waals surface area contributed by atoms with E-state index in [1.54, 1.807) is 19.2 Å². The molecule has 5 nitrogen and oxygen atoms in total. The highest BCUT2D eigenvalue weighted by Gasteiger charge is 2.09. The molecule has 0 heterocycles. The molecule has 0 radical (unpaired) electrons. The standard InChI is InChI=1S/C21H28N2O3.ClH/c1-15(2)10-11-26-19-9-6-17(12-20(19)25-3)14-23-21(24)18-7-4-16(13-22)5-8-18;/h4-9,12,15H,10-11,13-14,22H2,1-3H3,(H,23,24);1H. The summed E-state index contributed by atoms with van der Waals surface area (Å²) in [5.41, 5.74) is 8.13. The van der Waals surface area contributed by atoms with E-state index in [1.165, 1.54) is 0 Å². The van der Waals surface area contributed by atoms with Crippen molar-refractivity contribution in [3.8, 4) is 11.5 Å². The van der Waals surface area contributed by atoms with E-state index in [4.69, 9.17) is 15.2 Å². The molecule has 0 atom stereocenters. The van der Waals surface area contributed by atoms with Crippen molar-refractivity contribution >= 4 is 18.3 Å². The second-order valence-electron chi connectivity index (χ2n) is 6.60. The van der Waals surface area contributed by atoms with Crippen molar-refractivity contribution in [3.05, 3.63) is 59.2 Å². The largest absolute Gasteiger partial charge is 0.493 e. The van der Waals surface area contributed by atoms with Gasteiger partial charge >= 0.3 is 0 Å². The molecule has 2 aromatic rings. The highest BCUT2D eigenvalue weighted by atomic mass is 35.5. The van der Waals surface area contributed by atoms with Crippen molar-refractivity contribution < 1.29 is 14.3 Å². The van der Waals surface area contributed by atoms with Crippen LogP contribution in [0.25, 0.3) is 0 Å². The minimum absolute atomic E-state index is 0. The molecular formula is C21H29ClN2O3. The van der Waals surface area contributed by atoms with Gasteiger partial charge in [0.25, 0.3) is 5.91 Å². The molecular weight excluding hydrogens is 364 g/mol. The topological polar surface area (TPSA) is 73.6 Å². The smallest absolute Gasteiger partial charge is 0.251 e. The number of nitrogens with one attached hydrogen (secondary N) is 1. The van der Waals surface area contributed by atoms with E-state index in [-0.39, 0.29) is 18.3 Å². The predicted octanol–water partition coefficient (Wildman–Crippen LogP) is 3.93. The monoisotopic (exact) mass is 392 g/mol. The number of nitrogens with two attached hydrogens (primary N) is 1. The van der Waals surface area contributed by atoms with Crippen molar-refractivity contribution in [2.45, 2.75) is 33.4 Å². The minimum Gasteiger partial charge on any atom is -0.493 e. The lowest BCUT2D eigenvalue weighted by Gasteiger charge is -2.13. The fourth-order valence-electron chi connectivity index (χ4n) is 2.42. The van der Waals surface area contributed by atoms with Gasteiger partial charge in [-0.2, -0.15) is 0 Å². The molecule has 0 unspecified atom stereocenters. The second-order valence-corrected chi connectivity index (χ2v) is 6.60. The molecule has 3 N–H and O–H groups in total. The van der Waals surface area contributed by atoms with Crippen LogP contribution in [0.2, 0.25) is 0 Å². The molecule has 27 heavy (non-hydrogen) atoms. The molecule has 2 aromatic carbocycles. The van der Waals surface area contributed by atoms with Crippen molar-refractivity contribution in [1.29, 1.82) is 0 Å². The van der Waals surface area contributed by atoms with Gasteiger partial charge in [-0.25, -0.2) is 0 Å². The normalized spacial score (nSPS) is 10.3. The summed E-state index contributed by atoms with van der Waals surface area (Å²) in [5.74, 6) is 1.87. The van der Waals surface area contributed by atoms with Gasteiger partial charge in [-0.15, -0.1) is 12.4 Å². The highest BCUT2D eigenvalue weighted by molar-refractivity contribution is 5.94. The van der Waals surface area contributed by atoms with Gasteiger partial charge in [0.2, 0.25) is 0 Å². The summed E-state index contributed by atoms with van der Waals surface area (Å²) < 4.78 is 11.2. The molecule has 0 bridgehead atoms. The maximum Gasteiger partial charge on any atom is 0.251 e. The number of hydrogen-bond donors (Lipinski definition) is 2. The van der Waals surface area contributed by atoms with Gasteiger partial charge in [-0.3, -0.25) is 4.79 Å². The van der Waals surface area contributed by atoms with Crippen LogP contribution in [0, 0.1) is 5.92 Å². The third-order valence-corrected chi connectivity index (χ3v) is 4.09. The van der Waals surface area contributed by atoms with E-state index in [0.717, 1.165) is 23.3 Å². The van der Waals surface area contributed by atoms with Crippen LogP contribution in [0.1, 0.15) is 41.8 Å². The van der Waals surface area contributed by atoms with Gasteiger partial charge in [0.05, 0.1) is 13.7 Å². The quantitative estimate of drug-likeness (QED) is 0.678. The molecule has 6 heteroatoms.